The van der Waals surface area contributed by atoms with Gasteiger partial charge in [0, 0.05) is 54.7 Å². The van der Waals surface area contributed by atoms with Crippen LogP contribution < -0.4 is 0 Å². The summed E-state index contributed by atoms with van der Waals surface area (Å²) in [5.41, 5.74) is 4.29. The first kappa shape index (κ1) is 26.7. The topological polar surface area (TPSA) is 62.7 Å². The Balaban J connectivity index is 0.000000174. The average Bonchev–Trinajstić information content (AvgIpc) is 3.21. The van der Waals surface area contributed by atoms with E-state index in [1.165, 1.54) is 10.9 Å². The maximum atomic E-state index is 13.4. The molecule has 8 heteroatoms. The summed E-state index contributed by atoms with van der Waals surface area (Å²) in [6, 6.07) is 17.8. The molecule has 0 bridgehead atoms. The maximum Gasteiger partial charge on any atom is 0.283 e. The van der Waals surface area contributed by atoms with Crippen molar-refractivity contribution in [2.75, 3.05) is 39.5 Å². The maximum absolute atomic E-state index is 13.4. The number of aromatic nitrogens is 1. The molecule has 1 aromatic heterocycles. The SMILES string of the molecule is C[C@@H]1Cc2c([nH]c3ccccc23)CN1CC(F)(F)CO.OC(c1ccccc1)C1CN(CCCF)C1. The van der Waals surface area contributed by atoms with Crippen LogP contribution in [-0.4, -0.2) is 76.4 Å². The van der Waals surface area contributed by atoms with Crippen LogP contribution in [0.25, 0.3) is 10.9 Å². The quantitative estimate of drug-likeness (QED) is 0.422. The van der Waals surface area contributed by atoms with E-state index in [-0.39, 0.29) is 18.8 Å². The number of rotatable bonds is 8. The molecule has 1 fully saturated rings. The van der Waals surface area contributed by atoms with E-state index in [9.17, 15) is 18.3 Å². The van der Waals surface area contributed by atoms with Crippen molar-refractivity contribution in [1.29, 1.82) is 0 Å². The van der Waals surface area contributed by atoms with E-state index in [4.69, 9.17) is 5.11 Å². The van der Waals surface area contributed by atoms with Gasteiger partial charge in [0.05, 0.1) is 19.3 Å². The molecule has 2 atom stereocenters. The number of aliphatic hydroxyl groups is 2. The molecule has 5 rings (SSSR count). The number of halogens is 3. The molecule has 36 heavy (non-hydrogen) atoms. The standard InChI is InChI=1S/C15H18F2N2O.C13H18FNO/c1-10-6-12-11-4-2-3-5-13(11)18-14(12)7-19(10)8-15(16,17)9-20;14-7-4-8-15-9-12(10-15)13(16)11-5-2-1-3-6-11/h2-5,10,18,20H,6-9H2,1H3;1-3,5-6,12-13,16H,4,7-10H2/t10-;/m1./s1. The fourth-order valence-corrected chi connectivity index (χ4v) is 5.16. The van der Waals surface area contributed by atoms with Crippen LogP contribution in [0.4, 0.5) is 13.2 Å². The Morgan fingerprint density at radius 3 is 2.47 bits per heavy atom. The van der Waals surface area contributed by atoms with Crippen molar-refractivity contribution in [1.82, 2.24) is 14.8 Å². The first-order valence-corrected chi connectivity index (χ1v) is 12.6. The third kappa shape index (κ3) is 6.29. The van der Waals surface area contributed by atoms with Gasteiger partial charge >= 0.3 is 0 Å². The second kappa shape index (κ2) is 11.8. The zero-order valence-electron chi connectivity index (χ0n) is 20.7. The van der Waals surface area contributed by atoms with E-state index in [2.05, 4.69) is 16.0 Å². The Labute approximate surface area is 210 Å². The number of nitrogens with one attached hydrogen (secondary N) is 1. The molecule has 2 aromatic carbocycles. The summed E-state index contributed by atoms with van der Waals surface area (Å²) in [7, 11) is 0. The Bertz CT molecular complexity index is 1100. The number of aliphatic hydroxyl groups excluding tert-OH is 2. The number of likely N-dealkylation sites (tertiary alicyclic amines) is 1. The minimum Gasteiger partial charge on any atom is -0.390 e. The molecular weight excluding hydrogens is 467 g/mol. The molecule has 1 unspecified atom stereocenters. The lowest BCUT2D eigenvalue weighted by atomic mass is 9.89. The highest BCUT2D eigenvalue weighted by Gasteiger charge is 2.35. The van der Waals surface area contributed by atoms with Gasteiger partial charge in [0.1, 0.15) is 6.61 Å². The molecule has 0 spiro atoms. The van der Waals surface area contributed by atoms with E-state index in [0.29, 0.717) is 18.9 Å². The molecule has 0 aliphatic carbocycles. The highest BCUT2D eigenvalue weighted by Crippen LogP contribution is 2.32. The van der Waals surface area contributed by atoms with Crippen molar-refractivity contribution < 1.29 is 23.4 Å². The van der Waals surface area contributed by atoms with Crippen LogP contribution in [0.5, 0.6) is 0 Å². The van der Waals surface area contributed by atoms with Crippen molar-refractivity contribution in [2.45, 2.75) is 44.4 Å². The third-order valence-electron chi connectivity index (χ3n) is 7.23. The normalized spacial score (nSPS) is 19.9. The van der Waals surface area contributed by atoms with Gasteiger partial charge in [-0.15, -0.1) is 0 Å². The number of H-pyrrole nitrogens is 1. The number of aromatic amines is 1. The van der Waals surface area contributed by atoms with E-state index in [1.807, 2.05) is 55.5 Å². The molecule has 0 amide bonds. The van der Waals surface area contributed by atoms with Crippen molar-refractivity contribution >= 4 is 10.9 Å². The van der Waals surface area contributed by atoms with E-state index in [1.54, 1.807) is 4.90 Å². The predicted molar refractivity (Wildman–Crippen MR) is 136 cm³/mol. The fraction of sp³-hybridized carbons (Fsp3) is 0.500. The minimum absolute atomic E-state index is 0.0409. The molecule has 1 saturated heterocycles. The first-order chi connectivity index (χ1) is 17.3. The lowest BCUT2D eigenvalue weighted by Gasteiger charge is -2.41. The van der Waals surface area contributed by atoms with Gasteiger partial charge < -0.3 is 20.1 Å². The highest BCUT2D eigenvalue weighted by atomic mass is 19.3. The molecule has 0 saturated carbocycles. The lowest BCUT2D eigenvalue weighted by Crippen LogP contribution is -2.49. The van der Waals surface area contributed by atoms with Crippen LogP contribution in [0.15, 0.2) is 54.6 Å². The minimum atomic E-state index is -3.04. The van der Waals surface area contributed by atoms with E-state index < -0.39 is 19.1 Å². The first-order valence-electron chi connectivity index (χ1n) is 12.6. The molecule has 2 aliphatic rings. The molecule has 0 radical (unpaired) electrons. The Kier molecular flexibility index (Phi) is 8.72. The molecular formula is C28H36F3N3O2. The van der Waals surface area contributed by atoms with Crippen LogP contribution in [0.2, 0.25) is 0 Å². The molecule has 196 valence electrons. The molecule has 3 heterocycles. The van der Waals surface area contributed by atoms with Gasteiger partial charge in [0.25, 0.3) is 5.92 Å². The van der Waals surface area contributed by atoms with Crippen LogP contribution >= 0.6 is 0 Å². The number of nitrogens with zero attached hydrogens (tertiary/aromatic N) is 2. The highest BCUT2D eigenvalue weighted by molar-refractivity contribution is 5.84. The number of fused-ring (bicyclic) bond motifs is 3. The molecule has 2 aliphatic heterocycles. The molecule has 3 N–H and O–H groups in total. The summed E-state index contributed by atoms with van der Waals surface area (Å²) in [4.78, 5) is 7.24. The van der Waals surface area contributed by atoms with Gasteiger partial charge in [-0.05, 0) is 37.0 Å². The van der Waals surface area contributed by atoms with Crippen molar-refractivity contribution in [3.8, 4) is 0 Å². The number of alkyl halides is 3. The van der Waals surface area contributed by atoms with Gasteiger partial charge in [-0.1, -0.05) is 48.5 Å². The van der Waals surface area contributed by atoms with Crippen LogP contribution in [0, 0.1) is 5.92 Å². The molecule has 3 aromatic rings. The number of hydrogen-bond acceptors (Lipinski definition) is 4. The third-order valence-corrected chi connectivity index (χ3v) is 7.23. The van der Waals surface area contributed by atoms with Gasteiger partial charge in [0.2, 0.25) is 0 Å². The Morgan fingerprint density at radius 2 is 1.78 bits per heavy atom. The average molecular weight is 504 g/mol. The van der Waals surface area contributed by atoms with Crippen molar-refractivity contribution in [3.63, 3.8) is 0 Å². The Morgan fingerprint density at radius 1 is 1.08 bits per heavy atom. The monoisotopic (exact) mass is 503 g/mol. The van der Waals surface area contributed by atoms with Gasteiger partial charge in [-0.2, -0.15) is 0 Å². The van der Waals surface area contributed by atoms with Crippen LogP contribution in [0.3, 0.4) is 0 Å². The van der Waals surface area contributed by atoms with Gasteiger partial charge in [0.15, 0.2) is 0 Å². The summed E-state index contributed by atoms with van der Waals surface area (Å²) in [5.74, 6) is -2.74. The van der Waals surface area contributed by atoms with Crippen molar-refractivity contribution in [3.05, 3.63) is 71.4 Å². The van der Waals surface area contributed by atoms with Crippen LogP contribution in [0.1, 0.15) is 36.3 Å². The summed E-state index contributed by atoms with van der Waals surface area (Å²) in [5, 5.41) is 20.0. The van der Waals surface area contributed by atoms with Gasteiger partial charge in [-0.3, -0.25) is 9.29 Å². The lowest BCUT2D eigenvalue weighted by molar-refractivity contribution is -0.0819. The second-order valence-electron chi connectivity index (χ2n) is 10.0. The number of para-hydroxylation sites is 1. The summed E-state index contributed by atoms with van der Waals surface area (Å²) < 4.78 is 38.7. The van der Waals surface area contributed by atoms with Gasteiger partial charge in [-0.25, -0.2) is 8.78 Å². The molecule has 5 nitrogen and oxygen atoms in total. The summed E-state index contributed by atoms with van der Waals surface area (Å²) in [6.07, 6.45) is 0.984. The van der Waals surface area contributed by atoms with E-state index >= 15 is 0 Å². The van der Waals surface area contributed by atoms with E-state index in [0.717, 1.165) is 42.8 Å². The number of hydrogen-bond donors (Lipinski definition) is 3. The fourth-order valence-electron chi connectivity index (χ4n) is 5.16. The zero-order valence-corrected chi connectivity index (χ0v) is 20.7. The predicted octanol–water partition coefficient (Wildman–Crippen LogP) is 4.55. The Hall–Kier alpha value is -2.39. The second-order valence-corrected chi connectivity index (χ2v) is 10.0. The number of benzene rings is 2. The summed E-state index contributed by atoms with van der Waals surface area (Å²) >= 11 is 0. The largest absolute Gasteiger partial charge is 0.390 e. The summed E-state index contributed by atoms with van der Waals surface area (Å²) in [6.45, 7) is 3.26. The van der Waals surface area contributed by atoms with Crippen molar-refractivity contribution in [2.24, 2.45) is 5.92 Å². The van der Waals surface area contributed by atoms with Crippen LogP contribution in [-0.2, 0) is 13.0 Å². The zero-order chi connectivity index (χ0) is 25.7. The smallest absolute Gasteiger partial charge is 0.283 e.